The third-order valence-electron chi connectivity index (χ3n) is 1.06. The fourth-order valence-corrected chi connectivity index (χ4v) is 3.90. The van der Waals surface area contributed by atoms with Crippen LogP contribution in [0.2, 0.25) is 12.1 Å². The summed E-state index contributed by atoms with van der Waals surface area (Å²) < 4.78 is 0. The van der Waals surface area contributed by atoms with Gasteiger partial charge in [0.15, 0.2) is 0 Å². The lowest BCUT2D eigenvalue weighted by molar-refractivity contribution is 1.05. The molecule has 0 aliphatic heterocycles. The lowest BCUT2D eigenvalue weighted by atomic mass is 10.6. The van der Waals surface area contributed by atoms with Crippen molar-refractivity contribution in [2.75, 3.05) is 0 Å². The summed E-state index contributed by atoms with van der Waals surface area (Å²) in [5.41, 5.74) is 0.931. The highest BCUT2D eigenvalue weighted by Crippen LogP contribution is 2.03. The minimum atomic E-state index is -0.00463. The van der Waals surface area contributed by atoms with Crippen molar-refractivity contribution >= 4 is 26.6 Å². The Morgan fingerprint density at radius 2 is 2.00 bits per heavy atom. The highest BCUT2D eigenvalue weighted by Gasteiger charge is 2.04. The summed E-state index contributed by atoms with van der Waals surface area (Å²) in [6.45, 7) is 6.95. The first-order valence-corrected chi connectivity index (χ1v) is 8.02. The smallest absolute Gasteiger partial charge is 0.0298 e. The van der Waals surface area contributed by atoms with Gasteiger partial charge in [0, 0.05) is 26.6 Å². The van der Waals surface area contributed by atoms with Gasteiger partial charge in [-0.3, -0.25) is 0 Å². The van der Waals surface area contributed by atoms with Crippen molar-refractivity contribution in [3.05, 3.63) is 0 Å². The zero-order valence-corrected chi connectivity index (χ0v) is 8.08. The van der Waals surface area contributed by atoms with E-state index in [1.807, 2.05) is 0 Å². The summed E-state index contributed by atoms with van der Waals surface area (Å²) in [6.07, 6.45) is 0. The van der Waals surface area contributed by atoms with E-state index in [4.69, 9.17) is 0 Å². The lowest BCUT2D eigenvalue weighted by Gasteiger charge is -2.07. The zero-order chi connectivity index (χ0) is 5.86. The molecular weight excluding hydrogens is 132 g/mol. The van der Waals surface area contributed by atoms with Crippen LogP contribution in [0.25, 0.3) is 0 Å². The molecule has 0 unspecified atom stereocenters. The quantitative estimate of drug-likeness (QED) is 0.501. The van der Waals surface area contributed by atoms with Crippen LogP contribution in [0.5, 0.6) is 0 Å². The van der Waals surface area contributed by atoms with Gasteiger partial charge in [0.05, 0.1) is 0 Å². The van der Waals surface area contributed by atoms with Crippen LogP contribution in [0.15, 0.2) is 0 Å². The molecule has 0 fully saturated rings. The normalized spacial score (nSPS) is 11.1. The van der Waals surface area contributed by atoms with Gasteiger partial charge in [-0.25, -0.2) is 0 Å². The zero-order valence-electron chi connectivity index (χ0n) is 5.08. The highest BCUT2D eigenvalue weighted by atomic mass is 29.5. The Kier molecular flexibility index (Phi) is 3.97. The Hall–Kier alpha value is 0.651. The maximum absolute atomic E-state index is 3.53. The molecule has 0 atom stereocenters. The molecule has 0 rings (SSSR count). The van der Waals surface area contributed by atoms with E-state index in [-0.39, 0.29) is 8.31 Å². The first kappa shape index (κ1) is 7.65. The molecular formula is C4H10Si3. The molecule has 3 heteroatoms. The minimum Gasteiger partial charge on any atom is -0.0736 e. The van der Waals surface area contributed by atoms with Gasteiger partial charge in [-0.1, -0.05) is 25.9 Å². The summed E-state index contributed by atoms with van der Waals surface area (Å²) in [7, 11) is 4.55. The van der Waals surface area contributed by atoms with Crippen LogP contribution >= 0.6 is 0 Å². The molecule has 0 aromatic heterocycles. The monoisotopic (exact) mass is 142 g/mol. The van der Waals surface area contributed by atoms with Crippen LogP contribution in [0.4, 0.5) is 0 Å². The number of hydrogen-bond acceptors (Lipinski definition) is 0. The van der Waals surface area contributed by atoms with Crippen molar-refractivity contribution in [3.63, 3.8) is 0 Å². The maximum Gasteiger partial charge on any atom is 0.0298 e. The van der Waals surface area contributed by atoms with E-state index in [9.17, 15) is 0 Å². The number of rotatable bonds is 2. The fraction of sp³-hybridized carbons (Fsp3) is 1.00. The van der Waals surface area contributed by atoms with Gasteiger partial charge < -0.3 is 0 Å². The van der Waals surface area contributed by atoms with Crippen LogP contribution < -0.4 is 0 Å². The summed E-state index contributed by atoms with van der Waals surface area (Å²) in [6, 6.07) is 0. The SMILES string of the molecule is CC(C)[Si](C)[Si][Si]. The molecule has 0 nitrogen and oxygen atoms in total. The molecule has 0 heterocycles. The fourth-order valence-electron chi connectivity index (χ4n) is 0.144. The standard InChI is InChI=1S/C4H10Si3/c1-4(2)7(3)6-5/h4H,1-3H3. The largest absolute Gasteiger partial charge is 0.0736 e. The van der Waals surface area contributed by atoms with Crippen LogP contribution in [0.3, 0.4) is 0 Å². The van der Waals surface area contributed by atoms with Crippen molar-refractivity contribution in [2.24, 2.45) is 0 Å². The van der Waals surface area contributed by atoms with E-state index in [1.165, 1.54) is 0 Å². The molecule has 7 heavy (non-hydrogen) atoms. The average Bonchev–Trinajstić information content (AvgIpc) is 1.65. The second-order valence-corrected chi connectivity index (χ2v) is 10.1. The molecule has 6 radical (unpaired) electrons. The third-order valence-corrected chi connectivity index (χ3v) is 9.65. The van der Waals surface area contributed by atoms with E-state index >= 15 is 0 Å². The molecule has 0 aromatic carbocycles. The lowest BCUT2D eigenvalue weighted by Crippen LogP contribution is -2.21. The van der Waals surface area contributed by atoms with Gasteiger partial charge in [-0.2, -0.15) is 0 Å². The van der Waals surface area contributed by atoms with Gasteiger partial charge in [-0.05, 0) is 0 Å². The molecule has 0 aliphatic carbocycles. The molecule has 0 aromatic rings. The molecule has 0 saturated heterocycles. The summed E-state index contributed by atoms with van der Waals surface area (Å²) in [5.74, 6) is 0. The van der Waals surface area contributed by atoms with Gasteiger partial charge in [0.25, 0.3) is 0 Å². The first-order valence-electron chi connectivity index (χ1n) is 2.44. The van der Waals surface area contributed by atoms with Gasteiger partial charge >= 0.3 is 0 Å². The minimum absolute atomic E-state index is 0.00463. The maximum atomic E-state index is 3.53. The molecule has 0 N–H and O–H groups in total. The van der Waals surface area contributed by atoms with Gasteiger partial charge in [-0.15, -0.1) is 0 Å². The average molecular weight is 142 g/mol. The van der Waals surface area contributed by atoms with Crippen molar-refractivity contribution in [2.45, 2.75) is 25.9 Å². The Labute approximate surface area is 53.1 Å². The second-order valence-electron chi connectivity index (χ2n) is 1.96. The van der Waals surface area contributed by atoms with Crippen molar-refractivity contribution in [3.8, 4) is 0 Å². The summed E-state index contributed by atoms with van der Waals surface area (Å²) in [5, 5.41) is 0. The summed E-state index contributed by atoms with van der Waals surface area (Å²) in [4.78, 5) is 0. The van der Waals surface area contributed by atoms with Crippen LogP contribution in [0.1, 0.15) is 13.8 Å². The Bertz CT molecular complexity index is 44.2. The molecule has 0 bridgehead atoms. The van der Waals surface area contributed by atoms with Crippen LogP contribution in [-0.4, -0.2) is 26.6 Å². The van der Waals surface area contributed by atoms with Gasteiger partial charge in [0.2, 0.25) is 0 Å². The topological polar surface area (TPSA) is 0 Å². The van der Waals surface area contributed by atoms with E-state index < -0.39 is 0 Å². The molecule has 0 aliphatic rings. The van der Waals surface area contributed by atoms with Crippen LogP contribution in [0, 0.1) is 0 Å². The van der Waals surface area contributed by atoms with E-state index in [0.717, 1.165) is 14.1 Å². The van der Waals surface area contributed by atoms with Crippen LogP contribution in [-0.2, 0) is 0 Å². The predicted octanol–water partition coefficient (Wildman–Crippen LogP) is 0.805. The summed E-state index contributed by atoms with van der Waals surface area (Å²) >= 11 is 0. The van der Waals surface area contributed by atoms with E-state index in [2.05, 4.69) is 30.2 Å². The van der Waals surface area contributed by atoms with Crippen molar-refractivity contribution < 1.29 is 0 Å². The second kappa shape index (κ2) is 3.63. The van der Waals surface area contributed by atoms with Crippen molar-refractivity contribution in [1.82, 2.24) is 0 Å². The van der Waals surface area contributed by atoms with Crippen molar-refractivity contribution in [1.29, 1.82) is 0 Å². The Morgan fingerprint density at radius 1 is 1.57 bits per heavy atom. The number of hydrogen-bond donors (Lipinski definition) is 0. The molecule has 38 valence electrons. The highest BCUT2D eigenvalue weighted by molar-refractivity contribution is 7.31. The Morgan fingerprint density at radius 3 is 2.00 bits per heavy atom. The molecule has 0 spiro atoms. The van der Waals surface area contributed by atoms with E-state index in [0.29, 0.717) is 0 Å². The Balaban J connectivity index is 3.14. The van der Waals surface area contributed by atoms with Gasteiger partial charge in [0.1, 0.15) is 0 Å². The molecule has 0 saturated carbocycles. The first-order chi connectivity index (χ1) is 3.18. The third kappa shape index (κ3) is 3.25. The predicted molar refractivity (Wildman–Crippen MR) is 38.2 cm³/mol. The molecule has 0 amide bonds. The van der Waals surface area contributed by atoms with E-state index in [1.54, 1.807) is 0 Å².